The van der Waals surface area contributed by atoms with Gasteiger partial charge >= 0.3 is 0 Å². The minimum Gasteiger partial charge on any atom is -0.368 e. The van der Waals surface area contributed by atoms with E-state index in [9.17, 15) is 9.59 Å². The van der Waals surface area contributed by atoms with Gasteiger partial charge in [-0.05, 0) is 24.8 Å². The third-order valence-corrected chi connectivity index (χ3v) is 4.29. The summed E-state index contributed by atoms with van der Waals surface area (Å²) in [6.07, 6.45) is 2.88. The molecule has 1 saturated heterocycles. The highest BCUT2D eigenvalue weighted by Crippen LogP contribution is 2.28. The van der Waals surface area contributed by atoms with Gasteiger partial charge in [0, 0.05) is 19.1 Å². The quantitative estimate of drug-likeness (QED) is 0.770. The minimum absolute atomic E-state index is 0.0502. The Bertz CT molecular complexity index is 559. The summed E-state index contributed by atoms with van der Waals surface area (Å²) in [6.45, 7) is 1.33. The number of carbonyl (C=O) groups is 2. The van der Waals surface area contributed by atoms with Crippen LogP contribution in [-0.2, 0) is 14.3 Å². The van der Waals surface area contributed by atoms with Crippen molar-refractivity contribution in [2.45, 2.75) is 37.5 Å². The summed E-state index contributed by atoms with van der Waals surface area (Å²) >= 11 is 0. The Morgan fingerprint density at radius 3 is 2.65 bits per heavy atom. The number of hydrogen-bond acceptors (Lipinski definition) is 4. The highest BCUT2D eigenvalue weighted by Gasteiger charge is 2.36. The zero-order chi connectivity index (χ0) is 16.2. The van der Waals surface area contributed by atoms with Crippen LogP contribution in [0.15, 0.2) is 30.3 Å². The van der Waals surface area contributed by atoms with Gasteiger partial charge in [0.15, 0.2) is 0 Å². The topological polar surface area (TPSA) is 84.7 Å². The third kappa shape index (κ3) is 4.30. The summed E-state index contributed by atoms with van der Waals surface area (Å²) < 4.78 is 5.51. The molecular weight excluding hydrogens is 294 g/mol. The number of benzene rings is 1. The molecule has 1 saturated carbocycles. The molecule has 3 rings (SSSR count). The van der Waals surface area contributed by atoms with Crippen LogP contribution in [-0.4, -0.2) is 48.6 Å². The van der Waals surface area contributed by atoms with E-state index in [1.807, 2.05) is 30.3 Å². The number of primary amides is 1. The molecule has 2 amide bonds. The first kappa shape index (κ1) is 16.0. The number of nitrogens with two attached hydrogens (primary N) is 1. The normalized spacial score (nSPS) is 22.7. The van der Waals surface area contributed by atoms with E-state index in [0.29, 0.717) is 12.6 Å². The number of rotatable bonds is 7. The second kappa shape index (κ2) is 7.10. The van der Waals surface area contributed by atoms with E-state index in [0.717, 1.165) is 31.4 Å². The Morgan fingerprint density at radius 2 is 2.00 bits per heavy atom. The van der Waals surface area contributed by atoms with Crippen molar-refractivity contribution in [3.63, 3.8) is 0 Å². The van der Waals surface area contributed by atoms with Gasteiger partial charge in [-0.1, -0.05) is 30.3 Å². The third-order valence-electron chi connectivity index (χ3n) is 4.29. The van der Waals surface area contributed by atoms with E-state index in [4.69, 9.17) is 10.5 Å². The fourth-order valence-electron chi connectivity index (χ4n) is 3.00. The molecule has 1 heterocycles. The number of likely N-dealkylation sites (tertiary alicyclic amines) is 1. The van der Waals surface area contributed by atoms with Crippen molar-refractivity contribution in [1.82, 2.24) is 10.2 Å². The summed E-state index contributed by atoms with van der Waals surface area (Å²) in [5.74, 6) is -0.413. The molecule has 23 heavy (non-hydrogen) atoms. The standard InChI is InChI=1S/C17H23N3O3/c18-15(21)11-23-14-8-9-20(10-14)16(12-4-2-1-3-5-12)17(22)19-13-6-7-13/h1-5,13-14,16H,6-11H2,(H2,18,21)(H,19,22). The van der Waals surface area contributed by atoms with Gasteiger partial charge in [-0.15, -0.1) is 0 Å². The van der Waals surface area contributed by atoms with E-state index in [-0.39, 0.29) is 24.7 Å². The molecule has 0 spiro atoms. The van der Waals surface area contributed by atoms with Gasteiger partial charge in [0.2, 0.25) is 11.8 Å². The largest absolute Gasteiger partial charge is 0.368 e. The Balaban J connectivity index is 1.68. The fourth-order valence-corrected chi connectivity index (χ4v) is 3.00. The minimum atomic E-state index is -0.463. The lowest BCUT2D eigenvalue weighted by molar-refractivity contribution is -0.127. The lowest BCUT2D eigenvalue weighted by Gasteiger charge is -2.27. The van der Waals surface area contributed by atoms with Crippen LogP contribution in [0.2, 0.25) is 0 Å². The lowest BCUT2D eigenvalue weighted by Crippen LogP contribution is -2.41. The van der Waals surface area contributed by atoms with Crippen LogP contribution < -0.4 is 11.1 Å². The zero-order valence-electron chi connectivity index (χ0n) is 13.1. The fraction of sp³-hybridized carbons (Fsp3) is 0.529. The maximum Gasteiger partial charge on any atom is 0.243 e. The summed E-state index contributed by atoms with van der Waals surface area (Å²) in [7, 11) is 0. The predicted octanol–water partition coefficient (Wildman–Crippen LogP) is 0.583. The van der Waals surface area contributed by atoms with Crippen molar-refractivity contribution in [1.29, 1.82) is 0 Å². The molecule has 6 heteroatoms. The maximum atomic E-state index is 12.7. The number of nitrogens with zero attached hydrogens (tertiary/aromatic N) is 1. The number of nitrogens with one attached hydrogen (secondary N) is 1. The van der Waals surface area contributed by atoms with Crippen LogP contribution >= 0.6 is 0 Å². The molecule has 2 aliphatic rings. The monoisotopic (exact) mass is 317 g/mol. The van der Waals surface area contributed by atoms with Crippen LogP contribution in [0.5, 0.6) is 0 Å². The Hall–Kier alpha value is -1.92. The molecule has 1 aliphatic heterocycles. The van der Waals surface area contributed by atoms with Gasteiger partial charge in [-0.2, -0.15) is 0 Å². The van der Waals surface area contributed by atoms with Crippen molar-refractivity contribution in [2.75, 3.05) is 19.7 Å². The molecular formula is C17H23N3O3. The van der Waals surface area contributed by atoms with Crippen LogP contribution in [0.25, 0.3) is 0 Å². The van der Waals surface area contributed by atoms with Gasteiger partial charge in [0.05, 0.1) is 6.10 Å². The zero-order valence-corrected chi connectivity index (χ0v) is 13.1. The van der Waals surface area contributed by atoms with Gasteiger partial charge in [0.1, 0.15) is 12.6 Å². The molecule has 2 fully saturated rings. The molecule has 1 aliphatic carbocycles. The Morgan fingerprint density at radius 1 is 1.26 bits per heavy atom. The first-order valence-corrected chi connectivity index (χ1v) is 8.13. The maximum absolute atomic E-state index is 12.7. The van der Waals surface area contributed by atoms with Crippen molar-refractivity contribution in [3.8, 4) is 0 Å². The lowest BCUT2D eigenvalue weighted by atomic mass is 10.0. The van der Waals surface area contributed by atoms with Crippen LogP contribution in [0.4, 0.5) is 0 Å². The molecule has 124 valence electrons. The highest BCUT2D eigenvalue weighted by molar-refractivity contribution is 5.83. The van der Waals surface area contributed by atoms with E-state index in [1.165, 1.54) is 0 Å². The molecule has 1 aromatic carbocycles. The van der Waals surface area contributed by atoms with Gasteiger partial charge in [-0.3, -0.25) is 14.5 Å². The average Bonchev–Trinajstić information content (AvgIpc) is 3.22. The number of amides is 2. The predicted molar refractivity (Wildman–Crippen MR) is 85.5 cm³/mol. The van der Waals surface area contributed by atoms with Gasteiger partial charge in [0.25, 0.3) is 0 Å². The molecule has 2 atom stereocenters. The van der Waals surface area contributed by atoms with Crippen molar-refractivity contribution in [3.05, 3.63) is 35.9 Å². The molecule has 3 N–H and O–H groups in total. The summed E-state index contributed by atoms with van der Waals surface area (Å²) in [6, 6.07) is 9.83. The van der Waals surface area contributed by atoms with Crippen LogP contribution in [0.1, 0.15) is 30.9 Å². The summed E-state index contributed by atoms with van der Waals surface area (Å²) in [5.41, 5.74) is 6.11. The van der Waals surface area contributed by atoms with Crippen molar-refractivity contribution < 1.29 is 14.3 Å². The second-order valence-electron chi connectivity index (χ2n) is 6.28. The summed E-state index contributed by atoms with van der Waals surface area (Å²) in [4.78, 5) is 25.7. The van der Waals surface area contributed by atoms with Gasteiger partial charge < -0.3 is 15.8 Å². The first-order valence-electron chi connectivity index (χ1n) is 8.13. The molecule has 2 unspecified atom stereocenters. The smallest absolute Gasteiger partial charge is 0.243 e. The molecule has 0 aromatic heterocycles. The highest BCUT2D eigenvalue weighted by atomic mass is 16.5. The van der Waals surface area contributed by atoms with Crippen LogP contribution in [0, 0.1) is 0 Å². The Labute approximate surface area is 136 Å². The molecule has 0 radical (unpaired) electrons. The average molecular weight is 317 g/mol. The Kier molecular flexibility index (Phi) is 4.93. The van der Waals surface area contributed by atoms with E-state index < -0.39 is 5.91 Å². The van der Waals surface area contributed by atoms with E-state index in [2.05, 4.69) is 10.2 Å². The van der Waals surface area contributed by atoms with Crippen molar-refractivity contribution >= 4 is 11.8 Å². The molecule has 1 aromatic rings. The number of hydrogen-bond donors (Lipinski definition) is 2. The molecule has 0 bridgehead atoms. The molecule has 6 nitrogen and oxygen atoms in total. The SMILES string of the molecule is NC(=O)COC1CCN(C(C(=O)NC2CC2)c2ccccc2)C1. The first-order chi connectivity index (χ1) is 11.1. The number of carbonyl (C=O) groups excluding carboxylic acids is 2. The number of ether oxygens (including phenoxy) is 1. The van der Waals surface area contributed by atoms with E-state index in [1.54, 1.807) is 0 Å². The second-order valence-corrected chi connectivity index (χ2v) is 6.28. The van der Waals surface area contributed by atoms with E-state index >= 15 is 0 Å². The van der Waals surface area contributed by atoms with Crippen LogP contribution in [0.3, 0.4) is 0 Å². The van der Waals surface area contributed by atoms with Gasteiger partial charge in [-0.25, -0.2) is 0 Å². The summed E-state index contributed by atoms with van der Waals surface area (Å²) in [5, 5.41) is 3.10. The van der Waals surface area contributed by atoms with Crippen molar-refractivity contribution in [2.24, 2.45) is 5.73 Å².